The topological polar surface area (TPSA) is 90.0 Å². The Bertz CT molecular complexity index is 592. The van der Waals surface area contributed by atoms with Gasteiger partial charge in [0.25, 0.3) is 0 Å². The van der Waals surface area contributed by atoms with Gasteiger partial charge in [-0.05, 0) is 12.8 Å². The second-order valence-electron chi connectivity index (χ2n) is 5.97. The van der Waals surface area contributed by atoms with Gasteiger partial charge in [0.1, 0.15) is 24.8 Å². The average molecular weight is 388 g/mol. The van der Waals surface area contributed by atoms with E-state index in [-0.39, 0.29) is 0 Å². The molecule has 0 fully saturated rings. The Labute approximate surface area is 156 Å². The normalized spacial score (nSPS) is 10.6. The summed E-state index contributed by atoms with van der Waals surface area (Å²) in [5, 5.41) is 0. The zero-order chi connectivity index (χ0) is 20.0. The van der Waals surface area contributed by atoms with E-state index in [4.69, 9.17) is 0 Å². The molecular weight excluding hydrogens is 355 g/mol. The predicted octanol–water partition coefficient (Wildman–Crippen LogP) is 0.687. The van der Waals surface area contributed by atoms with Gasteiger partial charge in [-0.3, -0.25) is 0 Å². The number of aromatic nitrogens is 4. The molecule has 0 N–H and O–H groups in total. The third-order valence-electron chi connectivity index (χ3n) is 3.41. The molecule has 0 aliphatic rings. The van der Waals surface area contributed by atoms with Crippen LogP contribution >= 0.6 is 7.82 Å². The first-order valence-corrected chi connectivity index (χ1v) is 10.3. The lowest BCUT2D eigenvalue weighted by atomic mass is 10.3. The molecule has 0 atom stereocenters. The maximum absolute atomic E-state index is 9.25. The van der Waals surface area contributed by atoms with E-state index in [1.807, 2.05) is 14.1 Å². The van der Waals surface area contributed by atoms with Crippen molar-refractivity contribution < 1.29 is 28.0 Å². The maximum Gasteiger partial charge on any atom is 0.243 e. The van der Waals surface area contributed by atoms with Gasteiger partial charge < -0.3 is 18.9 Å². The lowest BCUT2D eigenvalue weighted by molar-refractivity contribution is -0.671. The molecule has 0 amide bonds. The van der Waals surface area contributed by atoms with E-state index < -0.39 is 7.82 Å². The van der Waals surface area contributed by atoms with Crippen molar-refractivity contribution in [2.75, 3.05) is 7.11 Å². The second-order valence-corrected chi connectivity index (χ2v) is 7.23. The van der Waals surface area contributed by atoms with E-state index in [0.717, 1.165) is 20.2 Å². The summed E-state index contributed by atoms with van der Waals surface area (Å²) < 4.78 is 21.2. The van der Waals surface area contributed by atoms with Gasteiger partial charge in [0.05, 0.1) is 35.0 Å². The molecule has 0 unspecified atom stereocenters. The van der Waals surface area contributed by atoms with E-state index in [1.165, 1.54) is 25.7 Å². The summed E-state index contributed by atoms with van der Waals surface area (Å²) in [7, 11) is 0.262. The summed E-state index contributed by atoms with van der Waals surface area (Å²) in [6.07, 6.45) is 17.6. The SMILES string of the molecule is CCCCn1cc[n+](C)c1.CCCCn1cc[n+](C)c1.COP(=O)([O-])[O-]. The first-order valence-electron chi connectivity index (χ1n) is 8.81. The summed E-state index contributed by atoms with van der Waals surface area (Å²) in [4.78, 5) is 18.5. The Hall–Kier alpha value is -1.47. The van der Waals surface area contributed by atoms with Crippen molar-refractivity contribution in [1.82, 2.24) is 9.13 Å². The molecule has 2 heterocycles. The van der Waals surface area contributed by atoms with Crippen molar-refractivity contribution in [2.24, 2.45) is 14.1 Å². The van der Waals surface area contributed by atoms with Crippen molar-refractivity contribution in [3.63, 3.8) is 0 Å². The molecule has 0 bridgehead atoms. The van der Waals surface area contributed by atoms with Gasteiger partial charge in [0, 0.05) is 7.11 Å². The molecule has 26 heavy (non-hydrogen) atoms. The molecule has 9 heteroatoms. The molecule has 0 saturated carbocycles. The number of phosphoric acid groups is 1. The highest BCUT2D eigenvalue weighted by atomic mass is 31.2. The molecular formula is C17H33N4O4P. The summed E-state index contributed by atoms with van der Waals surface area (Å²) in [5.41, 5.74) is 0. The van der Waals surface area contributed by atoms with Crippen molar-refractivity contribution >= 4 is 7.82 Å². The number of imidazole rings is 2. The molecule has 2 aromatic heterocycles. The monoisotopic (exact) mass is 388 g/mol. The van der Waals surface area contributed by atoms with Crippen molar-refractivity contribution in [2.45, 2.75) is 52.6 Å². The van der Waals surface area contributed by atoms with Crippen LogP contribution in [0.5, 0.6) is 0 Å². The number of unbranched alkanes of at least 4 members (excludes halogenated alkanes) is 2. The first-order chi connectivity index (χ1) is 12.2. The Morgan fingerprint density at radius 3 is 1.46 bits per heavy atom. The predicted molar refractivity (Wildman–Crippen MR) is 95.6 cm³/mol. The van der Waals surface area contributed by atoms with Gasteiger partial charge >= 0.3 is 0 Å². The summed E-state index contributed by atoms with van der Waals surface area (Å²) >= 11 is 0. The number of hydrogen-bond acceptors (Lipinski definition) is 4. The van der Waals surface area contributed by atoms with Crippen molar-refractivity contribution in [3.05, 3.63) is 37.4 Å². The zero-order valence-electron chi connectivity index (χ0n) is 16.6. The van der Waals surface area contributed by atoms with E-state index in [0.29, 0.717) is 0 Å². The molecule has 0 aliphatic heterocycles. The molecule has 2 aromatic rings. The van der Waals surface area contributed by atoms with E-state index >= 15 is 0 Å². The number of rotatable bonds is 7. The molecule has 0 spiro atoms. The van der Waals surface area contributed by atoms with Crippen LogP contribution in [-0.2, 0) is 36.3 Å². The van der Waals surface area contributed by atoms with Crippen molar-refractivity contribution in [1.29, 1.82) is 0 Å². The summed E-state index contributed by atoms with van der Waals surface area (Å²) in [6, 6.07) is 0. The third-order valence-corrected chi connectivity index (χ3v) is 3.86. The van der Waals surface area contributed by atoms with Gasteiger partial charge in [0.15, 0.2) is 0 Å². The summed E-state index contributed by atoms with van der Waals surface area (Å²) in [6.45, 7) is 6.72. The van der Waals surface area contributed by atoms with Crippen molar-refractivity contribution in [3.8, 4) is 0 Å². The minimum atomic E-state index is -4.65. The standard InChI is InChI=1S/2C8H15N2.CH5O4P/c2*1-3-4-5-10-7-6-9(2)8-10;1-5-6(2,3)4/h2*6-8H,3-5H2,1-2H3;1H3,(H2,2,3,4)/q2*+1;/p-2. The van der Waals surface area contributed by atoms with Crippen LogP contribution < -0.4 is 18.9 Å². The molecule has 2 rings (SSSR count). The Morgan fingerprint density at radius 2 is 1.27 bits per heavy atom. The fraction of sp³-hybridized carbons (Fsp3) is 0.647. The minimum Gasteiger partial charge on any atom is -0.790 e. The van der Waals surface area contributed by atoms with Crippen LogP contribution in [-0.4, -0.2) is 16.2 Å². The first kappa shape index (κ1) is 24.5. The fourth-order valence-corrected chi connectivity index (χ4v) is 1.95. The highest BCUT2D eigenvalue weighted by molar-refractivity contribution is 7.43. The number of phosphoric ester groups is 1. The Morgan fingerprint density at radius 1 is 0.923 bits per heavy atom. The number of nitrogens with zero attached hydrogens (tertiary/aromatic N) is 4. The van der Waals surface area contributed by atoms with Gasteiger partial charge in [0.2, 0.25) is 12.7 Å². The Balaban J connectivity index is 0.000000375. The zero-order valence-corrected chi connectivity index (χ0v) is 17.5. The second kappa shape index (κ2) is 13.7. The van der Waals surface area contributed by atoms with Crippen LogP contribution in [0.4, 0.5) is 0 Å². The van der Waals surface area contributed by atoms with Crippen LogP contribution in [0.3, 0.4) is 0 Å². The fourth-order valence-electron chi connectivity index (χ4n) is 1.95. The number of hydrogen-bond donors (Lipinski definition) is 0. The molecule has 0 aliphatic carbocycles. The molecule has 0 saturated heterocycles. The van der Waals surface area contributed by atoms with E-state index in [1.54, 1.807) is 0 Å². The molecule has 150 valence electrons. The average Bonchev–Trinajstić information content (AvgIpc) is 3.19. The molecule has 0 aromatic carbocycles. The van der Waals surface area contributed by atoms with Gasteiger partial charge in [-0.25, -0.2) is 18.3 Å². The van der Waals surface area contributed by atoms with Gasteiger partial charge in [-0.2, -0.15) is 0 Å². The summed E-state index contributed by atoms with van der Waals surface area (Å²) in [5.74, 6) is 0. The lowest BCUT2D eigenvalue weighted by Gasteiger charge is -2.25. The van der Waals surface area contributed by atoms with Gasteiger partial charge in [-0.15, -0.1) is 0 Å². The maximum atomic E-state index is 9.25. The van der Waals surface area contributed by atoms with Crippen LogP contribution in [0.15, 0.2) is 37.4 Å². The third kappa shape index (κ3) is 13.8. The van der Waals surface area contributed by atoms with Crippen LogP contribution in [0, 0.1) is 0 Å². The van der Waals surface area contributed by atoms with E-state index in [2.05, 4.69) is 74.1 Å². The van der Waals surface area contributed by atoms with Crippen LogP contribution in [0.2, 0.25) is 0 Å². The van der Waals surface area contributed by atoms with Gasteiger partial charge in [-0.1, -0.05) is 26.7 Å². The minimum absolute atomic E-state index is 0.820. The smallest absolute Gasteiger partial charge is 0.243 e. The van der Waals surface area contributed by atoms with Crippen LogP contribution in [0.25, 0.3) is 0 Å². The Kier molecular flexibility index (Phi) is 12.9. The quantitative estimate of drug-likeness (QED) is 0.515. The lowest BCUT2D eigenvalue weighted by Crippen LogP contribution is -2.23. The number of aryl methyl sites for hydroxylation is 4. The molecule has 0 radical (unpaired) electrons. The highest BCUT2D eigenvalue weighted by Gasteiger charge is 1.97. The largest absolute Gasteiger partial charge is 0.790 e. The van der Waals surface area contributed by atoms with Crippen LogP contribution in [0.1, 0.15) is 39.5 Å². The van der Waals surface area contributed by atoms with E-state index in [9.17, 15) is 14.4 Å². The highest BCUT2D eigenvalue weighted by Crippen LogP contribution is 2.21. The molecule has 8 nitrogen and oxygen atoms in total.